The van der Waals surface area contributed by atoms with Gasteiger partial charge in [-0.1, -0.05) is 0 Å². The number of nitrogens with zero attached hydrogens (tertiary/aromatic N) is 2. The van der Waals surface area contributed by atoms with Gasteiger partial charge in [-0.15, -0.1) is 0 Å². The number of aliphatic hydroxyl groups excluding tert-OH is 1. The standard InChI is InChI=1S/C14H31N3O/c1-12(9-14(4,11-18)15-5)17-8-7-16(6)13(2,3)10-17/h12,15,18H,7-11H2,1-6H3. The SMILES string of the molecule is CNC(C)(CO)CC(C)N1CCN(C)C(C)(C)C1. The van der Waals surface area contributed by atoms with E-state index in [4.69, 9.17) is 0 Å². The summed E-state index contributed by atoms with van der Waals surface area (Å²) in [5.41, 5.74) is 0.0642. The van der Waals surface area contributed by atoms with Gasteiger partial charge in [-0.2, -0.15) is 0 Å². The van der Waals surface area contributed by atoms with Gasteiger partial charge in [0.05, 0.1) is 6.61 Å². The summed E-state index contributed by atoms with van der Waals surface area (Å²) in [4.78, 5) is 4.98. The molecule has 1 aliphatic rings. The summed E-state index contributed by atoms with van der Waals surface area (Å²) in [7, 11) is 4.13. The Morgan fingerprint density at radius 1 is 1.39 bits per heavy atom. The number of piperazine rings is 1. The van der Waals surface area contributed by atoms with E-state index < -0.39 is 0 Å². The highest BCUT2D eigenvalue weighted by Gasteiger charge is 2.35. The molecule has 4 heteroatoms. The van der Waals surface area contributed by atoms with Gasteiger partial charge in [0.1, 0.15) is 0 Å². The minimum Gasteiger partial charge on any atom is -0.394 e. The smallest absolute Gasteiger partial charge is 0.0611 e. The molecule has 0 aromatic carbocycles. The van der Waals surface area contributed by atoms with Crippen molar-refractivity contribution in [3.63, 3.8) is 0 Å². The minimum atomic E-state index is -0.174. The molecule has 1 rings (SSSR count). The molecule has 0 spiro atoms. The number of hydrogen-bond acceptors (Lipinski definition) is 4. The van der Waals surface area contributed by atoms with Crippen molar-refractivity contribution in [3.05, 3.63) is 0 Å². The summed E-state index contributed by atoms with van der Waals surface area (Å²) < 4.78 is 0. The molecule has 0 saturated carbocycles. The Bertz CT molecular complexity index is 264. The van der Waals surface area contributed by atoms with Crippen LogP contribution in [0.4, 0.5) is 0 Å². The van der Waals surface area contributed by atoms with Gasteiger partial charge in [-0.3, -0.25) is 9.80 Å². The zero-order valence-corrected chi connectivity index (χ0v) is 13.0. The van der Waals surface area contributed by atoms with Gasteiger partial charge in [-0.05, 0) is 48.2 Å². The maximum atomic E-state index is 9.49. The van der Waals surface area contributed by atoms with E-state index in [0.29, 0.717) is 6.04 Å². The van der Waals surface area contributed by atoms with Crippen molar-refractivity contribution >= 4 is 0 Å². The molecule has 18 heavy (non-hydrogen) atoms. The van der Waals surface area contributed by atoms with Crippen LogP contribution in [0.25, 0.3) is 0 Å². The summed E-state index contributed by atoms with van der Waals surface area (Å²) in [6, 6.07) is 0.488. The van der Waals surface area contributed by atoms with E-state index in [9.17, 15) is 5.11 Å². The summed E-state index contributed by atoms with van der Waals surface area (Å²) in [6.07, 6.45) is 0.972. The van der Waals surface area contributed by atoms with Crippen molar-refractivity contribution in [2.45, 2.75) is 51.2 Å². The van der Waals surface area contributed by atoms with Crippen LogP contribution in [0.15, 0.2) is 0 Å². The van der Waals surface area contributed by atoms with E-state index in [1.807, 2.05) is 7.05 Å². The average Bonchev–Trinajstić information content (AvgIpc) is 2.32. The lowest BCUT2D eigenvalue weighted by Gasteiger charge is -2.48. The molecule has 1 aliphatic heterocycles. The molecule has 0 bridgehead atoms. The van der Waals surface area contributed by atoms with Crippen molar-refractivity contribution in [2.75, 3.05) is 40.3 Å². The molecular formula is C14H31N3O. The zero-order chi connectivity index (χ0) is 14.0. The second-order valence-corrected chi connectivity index (χ2v) is 6.73. The van der Waals surface area contributed by atoms with E-state index in [1.165, 1.54) is 0 Å². The number of aliphatic hydroxyl groups is 1. The highest BCUT2D eigenvalue weighted by Crippen LogP contribution is 2.23. The van der Waals surface area contributed by atoms with Crippen LogP contribution in [0, 0.1) is 0 Å². The fourth-order valence-corrected chi connectivity index (χ4v) is 2.68. The summed E-state index contributed by atoms with van der Waals surface area (Å²) in [5.74, 6) is 0. The Hall–Kier alpha value is -0.160. The largest absolute Gasteiger partial charge is 0.394 e. The van der Waals surface area contributed by atoms with Crippen LogP contribution in [0.5, 0.6) is 0 Å². The molecule has 4 nitrogen and oxygen atoms in total. The molecule has 2 N–H and O–H groups in total. The molecule has 1 heterocycles. The van der Waals surface area contributed by atoms with Gasteiger partial charge in [0.2, 0.25) is 0 Å². The van der Waals surface area contributed by atoms with Gasteiger partial charge in [0.25, 0.3) is 0 Å². The van der Waals surface area contributed by atoms with Crippen LogP contribution in [-0.2, 0) is 0 Å². The quantitative estimate of drug-likeness (QED) is 0.763. The first-order valence-electron chi connectivity index (χ1n) is 6.99. The second kappa shape index (κ2) is 5.87. The molecule has 0 amide bonds. The first-order valence-corrected chi connectivity index (χ1v) is 6.99. The van der Waals surface area contributed by atoms with Crippen molar-refractivity contribution in [1.82, 2.24) is 15.1 Å². The van der Waals surface area contributed by atoms with Crippen LogP contribution >= 0.6 is 0 Å². The van der Waals surface area contributed by atoms with Crippen LogP contribution < -0.4 is 5.32 Å². The molecule has 0 radical (unpaired) electrons. The number of nitrogens with one attached hydrogen (secondary N) is 1. The highest BCUT2D eigenvalue weighted by molar-refractivity contribution is 4.93. The van der Waals surface area contributed by atoms with Crippen LogP contribution in [0.1, 0.15) is 34.1 Å². The van der Waals surface area contributed by atoms with Crippen molar-refractivity contribution in [2.24, 2.45) is 0 Å². The van der Waals surface area contributed by atoms with Gasteiger partial charge in [0, 0.05) is 36.8 Å². The maximum absolute atomic E-state index is 9.49. The summed E-state index contributed by atoms with van der Waals surface area (Å²) in [5, 5.41) is 12.7. The third-order valence-electron chi connectivity index (χ3n) is 4.67. The predicted octanol–water partition coefficient (Wildman–Crippen LogP) is 0.761. The van der Waals surface area contributed by atoms with E-state index in [0.717, 1.165) is 26.1 Å². The molecule has 1 saturated heterocycles. The Kier molecular flexibility index (Phi) is 5.18. The van der Waals surface area contributed by atoms with Crippen LogP contribution in [0.2, 0.25) is 0 Å². The molecular weight excluding hydrogens is 226 g/mol. The average molecular weight is 257 g/mol. The summed E-state index contributed by atoms with van der Waals surface area (Å²) in [6.45, 7) is 12.5. The number of hydrogen-bond donors (Lipinski definition) is 2. The molecule has 108 valence electrons. The molecule has 0 aromatic heterocycles. The molecule has 2 atom stereocenters. The number of rotatable bonds is 5. The first-order chi connectivity index (χ1) is 8.24. The lowest BCUT2D eigenvalue weighted by Crippen LogP contribution is -2.60. The monoisotopic (exact) mass is 257 g/mol. The lowest BCUT2D eigenvalue weighted by atomic mass is 9.91. The second-order valence-electron chi connectivity index (χ2n) is 6.73. The van der Waals surface area contributed by atoms with E-state index in [-0.39, 0.29) is 17.7 Å². The first kappa shape index (κ1) is 15.9. The van der Waals surface area contributed by atoms with Crippen LogP contribution in [0.3, 0.4) is 0 Å². The molecule has 2 unspecified atom stereocenters. The fraction of sp³-hybridized carbons (Fsp3) is 1.00. The fourth-order valence-electron chi connectivity index (χ4n) is 2.68. The Morgan fingerprint density at radius 2 is 2.00 bits per heavy atom. The predicted molar refractivity (Wildman–Crippen MR) is 76.9 cm³/mol. The Morgan fingerprint density at radius 3 is 2.44 bits per heavy atom. The Labute approximate surface area is 112 Å². The minimum absolute atomic E-state index is 0.174. The third-order valence-corrected chi connectivity index (χ3v) is 4.67. The van der Waals surface area contributed by atoms with Gasteiger partial charge in [-0.25, -0.2) is 0 Å². The third kappa shape index (κ3) is 3.67. The van der Waals surface area contributed by atoms with Crippen molar-refractivity contribution < 1.29 is 5.11 Å². The van der Waals surface area contributed by atoms with Gasteiger partial charge >= 0.3 is 0 Å². The van der Waals surface area contributed by atoms with E-state index in [2.05, 4.69) is 49.9 Å². The molecule has 1 fully saturated rings. The van der Waals surface area contributed by atoms with Crippen molar-refractivity contribution in [3.8, 4) is 0 Å². The lowest BCUT2D eigenvalue weighted by molar-refractivity contribution is 0.00954. The van der Waals surface area contributed by atoms with Gasteiger partial charge < -0.3 is 10.4 Å². The Balaban J connectivity index is 2.60. The molecule has 0 aliphatic carbocycles. The van der Waals surface area contributed by atoms with E-state index >= 15 is 0 Å². The summed E-state index contributed by atoms with van der Waals surface area (Å²) >= 11 is 0. The van der Waals surface area contributed by atoms with Crippen molar-refractivity contribution in [1.29, 1.82) is 0 Å². The van der Waals surface area contributed by atoms with E-state index in [1.54, 1.807) is 0 Å². The normalized spacial score (nSPS) is 26.8. The van der Waals surface area contributed by atoms with Crippen LogP contribution in [-0.4, -0.2) is 72.4 Å². The molecule has 0 aromatic rings. The maximum Gasteiger partial charge on any atom is 0.0611 e. The van der Waals surface area contributed by atoms with Gasteiger partial charge in [0.15, 0.2) is 0 Å². The topological polar surface area (TPSA) is 38.7 Å². The zero-order valence-electron chi connectivity index (χ0n) is 13.0. The number of likely N-dealkylation sites (N-methyl/N-ethyl adjacent to an activating group) is 2. The highest BCUT2D eigenvalue weighted by atomic mass is 16.3.